The molecule has 0 aromatic heterocycles. The number of methoxy groups -OCH3 is 3. The average molecular weight is 486 g/mol. The third kappa shape index (κ3) is 5.88. The van der Waals surface area contributed by atoms with Crippen LogP contribution in [0.2, 0.25) is 0 Å². The standard InChI is InChI=1S/C28H39NO6/c1-19-13-14-28(17-20(19)2,27(32)35-5)29(18-22-11-12-23(33-3)15-25(22)34-4)26(31)16-24(30)21-9-7-6-8-10-21/h11-12,15,21H,6-10,13-14,16-18H2,1-5H3. The van der Waals surface area contributed by atoms with E-state index in [9.17, 15) is 14.4 Å². The van der Waals surface area contributed by atoms with Gasteiger partial charge in [0.25, 0.3) is 0 Å². The summed E-state index contributed by atoms with van der Waals surface area (Å²) in [5.74, 6) is 0.298. The first-order valence-electron chi connectivity index (χ1n) is 12.5. The number of nitrogens with zero attached hydrogens (tertiary/aromatic N) is 1. The van der Waals surface area contributed by atoms with Crippen molar-refractivity contribution in [2.24, 2.45) is 5.92 Å². The Kier molecular flexibility index (Phi) is 8.98. The van der Waals surface area contributed by atoms with Crippen molar-refractivity contribution in [1.29, 1.82) is 0 Å². The summed E-state index contributed by atoms with van der Waals surface area (Å²) in [6.07, 6.45) is 6.16. The lowest BCUT2D eigenvalue weighted by Gasteiger charge is -2.45. The maximum absolute atomic E-state index is 13.9. The van der Waals surface area contributed by atoms with Crippen LogP contribution in [0.25, 0.3) is 0 Å². The molecule has 1 aromatic rings. The van der Waals surface area contributed by atoms with Crippen LogP contribution in [0.15, 0.2) is 29.3 Å². The van der Waals surface area contributed by atoms with Gasteiger partial charge in [0, 0.05) is 24.0 Å². The van der Waals surface area contributed by atoms with E-state index in [1.54, 1.807) is 31.3 Å². The normalized spacial score (nSPS) is 20.8. The Morgan fingerprint density at radius 3 is 2.31 bits per heavy atom. The van der Waals surface area contributed by atoms with Crippen molar-refractivity contribution < 1.29 is 28.6 Å². The largest absolute Gasteiger partial charge is 0.497 e. The summed E-state index contributed by atoms with van der Waals surface area (Å²) >= 11 is 0. The molecule has 35 heavy (non-hydrogen) atoms. The van der Waals surface area contributed by atoms with Crippen LogP contribution in [0.1, 0.15) is 77.2 Å². The fraction of sp³-hybridized carbons (Fsp3) is 0.607. The summed E-state index contributed by atoms with van der Waals surface area (Å²) in [4.78, 5) is 41.9. The number of allylic oxidation sites excluding steroid dienone is 1. The summed E-state index contributed by atoms with van der Waals surface area (Å²) in [6, 6.07) is 5.39. The molecular formula is C28H39NO6. The van der Waals surface area contributed by atoms with Gasteiger partial charge in [-0.1, -0.05) is 30.4 Å². The Labute approximate surface area is 208 Å². The summed E-state index contributed by atoms with van der Waals surface area (Å²) in [7, 11) is 4.49. The summed E-state index contributed by atoms with van der Waals surface area (Å²) in [5.41, 5.74) is 1.85. The SMILES string of the molecule is COC(=O)C1(N(Cc2ccc(OC)cc2OC)C(=O)CC(=O)C2CCCCC2)CCC(C)=C(C)C1. The second-order valence-electron chi connectivity index (χ2n) is 9.90. The number of esters is 1. The number of carbonyl (C=O) groups is 3. The Hall–Kier alpha value is -2.83. The van der Waals surface area contributed by atoms with E-state index in [4.69, 9.17) is 14.2 Å². The first-order valence-corrected chi connectivity index (χ1v) is 12.5. The Morgan fingerprint density at radius 1 is 1.00 bits per heavy atom. The fourth-order valence-corrected chi connectivity index (χ4v) is 5.43. The van der Waals surface area contributed by atoms with Crippen molar-refractivity contribution in [2.45, 2.75) is 83.7 Å². The fourth-order valence-electron chi connectivity index (χ4n) is 5.43. The minimum Gasteiger partial charge on any atom is -0.497 e. The molecule has 1 aromatic carbocycles. The van der Waals surface area contributed by atoms with Gasteiger partial charge >= 0.3 is 5.97 Å². The Bertz CT molecular complexity index is 978. The molecule has 3 rings (SSSR count). The smallest absolute Gasteiger partial charge is 0.332 e. The molecule has 0 saturated heterocycles. The molecule has 0 N–H and O–H groups in total. The van der Waals surface area contributed by atoms with Gasteiger partial charge in [0.05, 0.1) is 34.3 Å². The zero-order chi connectivity index (χ0) is 25.6. The second kappa shape index (κ2) is 11.7. The highest BCUT2D eigenvalue weighted by Crippen LogP contribution is 2.40. The lowest BCUT2D eigenvalue weighted by atomic mass is 9.76. The lowest BCUT2D eigenvalue weighted by molar-refractivity contribution is -0.165. The molecule has 2 aliphatic carbocycles. The zero-order valence-corrected chi connectivity index (χ0v) is 21.8. The van der Waals surface area contributed by atoms with E-state index in [-0.39, 0.29) is 30.6 Å². The van der Waals surface area contributed by atoms with E-state index < -0.39 is 11.5 Å². The molecule has 1 fully saturated rings. The summed E-state index contributed by atoms with van der Waals surface area (Å²) in [5, 5.41) is 0. The number of hydrogen-bond acceptors (Lipinski definition) is 6. The number of carbonyl (C=O) groups excluding carboxylic acids is 3. The molecule has 0 bridgehead atoms. The van der Waals surface area contributed by atoms with Gasteiger partial charge in [0.1, 0.15) is 22.8 Å². The Morgan fingerprint density at radius 2 is 1.71 bits per heavy atom. The predicted molar refractivity (Wildman–Crippen MR) is 133 cm³/mol. The van der Waals surface area contributed by atoms with E-state index in [1.807, 2.05) is 13.0 Å². The first kappa shape index (κ1) is 26.8. The minimum atomic E-state index is -1.17. The van der Waals surface area contributed by atoms with Gasteiger partial charge in [-0.15, -0.1) is 0 Å². The molecule has 0 spiro atoms. The zero-order valence-electron chi connectivity index (χ0n) is 21.8. The van der Waals surface area contributed by atoms with Gasteiger partial charge in [-0.25, -0.2) is 4.79 Å². The van der Waals surface area contributed by atoms with Crippen molar-refractivity contribution >= 4 is 17.7 Å². The number of benzene rings is 1. The molecule has 7 nitrogen and oxygen atoms in total. The molecular weight excluding hydrogens is 446 g/mol. The highest BCUT2D eigenvalue weighted by molar-refractivity contribution is 6.01. The van der Waals surface area contributed by atoms with Crippen LogP contribution in [0, 0.1) is 5.92 Å². The van der Waals surface area contributed by atoms with Gasteiger partial charge in [0.2, 0.25) is 5.91 Å². The van der Waals surface area contributed by atoms with E-state index in [0.717, 1.165) is 43.2 Å². The first-order chi connectivity index (χ1) is 16.7. The Balaban J connectivity index is 2.01. The van der Waals surface area contributed by atoms with Crippen LogP contribution in [0.5, 0.6) is 11.5 Å². The van der Waals surface area contributed by atoms with E-state index in [1.165, 1.54) is 12.7 Å². The molecule has 7 heteroatoms. The van der Waals surface area contributed by atoms with Gasteiger partial charge in [-0.3, -0.25) is 9.59 Å². The number of Topliss-reactive ketones (excluding diaryl/α,β-unsaturated/α-hetero) is 1. The second-order valence-corrected chi connectivity index (χ2v) is 9.90. The van der Waals surface area contributed by atoms with Crippen LogP contribution in [-0.2, 0) is 25.7 Å². The lowest BCUT2D eigenvalue weighted by Crippen LogP contribution is -2.58. The van der Waals surface area contributed by atoms with Crippen LogP contribution in [0.3, 0.4) is 0 Å². The molecule has 0 radical (unpaired) electrons. The molecule has 0 aliphatic heterocycles. The van der Waals surface area contributed by atoms with Crippen molar-refractivity contribution in [3.63, 3.8) is 0 Å². The molecule has 1 unspecified atom stereocenters. The van der Waals surface area contributed by atoms with Crippen molar-refractivity contribution in [3.05, 3.63) is 34.9 Å². The number of ketones is 1. The van der Waals surface area contributed by atoms with Crippen molar-refractivity contribution in [1.82, 2.24) is 4.90 Å². The van der Waals surface area contributed by atoms with Gasteiger partial charge in [0.15, 0.2) is 0 Å². The van der Waals surface area contributed by atoms with Crippen LogP contribution < -0.4 is 9.47 Å². The minimum absolute atomic E-state index is 0.0272. The summed E-state index contributed by atoms with van der Waals surface area (Å²) in [6.45, 7) is 4.18. The van der Waals surface area contributed by atoms with E-state index in [2.05, 4.69) is 6.92 Å². The average Bonchev–Trinajstić information content (AvgIpc) is 2.88. The van der Waals surface area contributed by atoms with Gasteiger partial charge < -0.3 is 19.1 Å². The third-order valence-electron chi connectivity index (χ3n) is 7.79. The maximum Gasteiger partial charge on any atom is 0.332 e. The number of hydrogen-bond donors (Lipinski definition) is 0. The molecule has 2 aliphatic rings. The predicted octanol–water partition coefficient (Wildman–Crippen LogP) is 5.00. The van der Waals surface area contributed by atoms with E-state index >= 15 is 0 Å². The molecule has 192 valence electrons. The van der Waals surface area contributed by atoms with Crippen molar-refractivity contribution in [2.75, 3.05) is 21.3 Å². The van der Waals surface area contributed by atoms with Gasteiger partial charge in [-0.05, 0) is 51.7 Å². The maximum atomic E-state index is 13.9. The van der Waals surface area contributed by atoms with Gasteiger partial charge in [-0.2, -0.15) is 0 Å². The third-order valence-corrected chi connectivity index (χ3v) is 7.79. The molecule has 1 amide bonds. The summed E-state index contributed by atoms with van der Waals surface area (Å²) < 4.78 is 16.2. The van der Waals surface area contributed by atoms with Crippen molar-refractivity contribution in [3.8, 4) is 11.5 Å². The highest BCUT2D eigenvalue weighted by Gasteiger charge is 2.49. The number of ether oxygens (including phenoxy) is 3. The monoisotopic (exact) mass is 485 g/mol. The van der Waals surface area contributed by atoms with Crippen LogP contribution in [-0.4, -0.2) is 49.4 Å². The van der Waals surface area contributed by atoms with Crippen LogP contribution in [0.4, 0.5) is 0 Å². The molecule has 1 atom stereocenters. The number of rotatable bonds is 9. The van der Waals surface area contributed by atoms with Crippen LogP contribution >= 0.6 is 0 Å². The molecule has 1 saturated carbocycles. The topological polar surface area (TPSA) is 82.1 Å². The number of amides is 1. The quantitative estimate of drug-likeness (QED) is 0.278. The highest BCUT2D eigenvalue weighted by atomic mass is 16.5. The molecule has 0 heterocycles. The van der Waals surface area contributed by atoms with E-state index in [0.29, 0.717) is 30.8 Å².